The number of hydrogen-bond acceptors (Lipinski definition) is 6. The smallest absolute Gasteiger partial charge is 0.364 e. The van der Waals surface area contributed by atoms with Crippen molar-refractivity contribution in [1.82, 2.24) is 25.7 Å². The molecular weight excluding hydrogens is 555 g/mol. The number of urea groups is 1. The standard InChI is InChI=1S/C26H31F5N6O4/c1-3-14-13-41-36-21(14)23(39)35-20(15-5-8-25(27,28)9-6-15)22(38)34-19-11-16(7-10-32-19)17(4-2)37-12-18(26(29,30)31)33-24(37)40/h7,10-11,13,15,17-18,20H,3-6,8-9,12H2,1-2H3,(H,33,40)(H,35,39)(H,32,34,38)/t17-,18+,20-/m1/s1. The Morgan fingerprint density at radius 3 is 2.56 bits per heavy atom. The van der Waals surface area contributed by atoms with Gasteiger partial charge in [0.1, 0.15) is 24.2 Å². The van der Waals surface area contributed by atoms with Crippen LogP contribution in [0.4, 0.5) is 32.6 Å². The molecule has 2 fully saturated rings. The van der Waals surface area contributed by atoms with Gasteiger partial charge in [-0.1, -0.05) is 19.0 Å². The van der Waals surface area contributed by atoms with Crippen molar-refractivity contribution in [1.29, 1.82) is 0 Å². The van der Waals surface area contributed by atoms with E-state index in [4.69, 9.17) is 4.52 Å². The fraction of sp³-hybridized carbons (Fsp3) is 0.577. The molecule has 3 heterocycles. The average Bonchev–Trinajstić information content (AvgIpc) is 3.55. The summed E-state index contributed by atoms with van der Waals surface area (Å²) in [4.78, 5) is 44.0. The lowest BCUT2D eigenvalue weighted by Gasteiger charge is -2.33. The third-order valence-corrected chi connectivity index (χ3v) is 7.56. The van der Waals surface area contributed by atoms with Crippen molar-refractivity contribution in [2.45, 2.75) is 82.6 Å². The zero-order valence-electron chi connectivity index (χ0n) is 22.4. The number of nitrogens with one attached hydrogen (secondary N) is 3. The number of aryl methyl sites for hydroxylation is 1. The summed E-state index contributed by atoms with van der Waals surface area (Å²) in [6.45, 7) is 2.91. The molecule has 2 aromatic heterocycles. The summed E-state index contributed by atoms with van der Waals surface area (Å²) >= 11 is 0. The summed E-state index contributed by atoms with van der Waals surface area (Å²) in [5.41, 5.74) is 0.928. The number of rotatable bonds is 9. The molecule has 1 saturated heterocycles. The Morgan fingerprint density at radius 2 is 1.95 bits per heavy atom. The van der Waals surface area contributed by atoms with Crippen LogP contribution in [-0.4, -0.2) is 63.6 Å². The van der Waals surface area contributed by atoms with Crippen molar-refractivity contribution in [3.63, 3.8) is 0 Å². The van der Waals surface area contributed by atoms with Crippen molar-refractivity contribution < 1.29 is 40.9 Å². The number of aromatic nitrogens is 2. The Kier molecular flexibility index (Phi) is 8.83. The predicted octanol–water partition coefficient (Wildman–Crippen LogP) is 4.60. The van der Waals surface area contributed by atoms with Gasteiger partial charge in [0.25, 0.3) is 5.91 Å². The lowest BCUT2D eigenvalue weighted by molar-refractivity contribution is -0.150. The van der Waals surface area contributed by atoms with Gasteiger partial charge in [0, 0.05) is 24.6 Å². The molecule has 0 aromatic carbocycles. The molecule has 0 bridgehead atoms. The average molecular weight is 587 g/mol. The molecule has 224 valence electrons. The normalized spacial score (nSPS) is 20.8. The van der Waals surface area contributed by atoms with Crippen LogP contribution >= 0.6 is 0 Å². The molecule has 3 N–H and O–H groups in total. The first-order chi connectivity index (χ1) is 19.3. The Labute approximate surface area is 232 Å². The fourth-order valence-corrected chi connectivity index (χ4v) is 5.27. The number of pyridine rings is 1. The molecule has 15 heteroatoms. The third-order valence-electron chi connectivity index (χ3n) is 7.56. The molecule has 4 rings (SSSR count). The number of alkyl halides is 5. The van der Waals surface area contributed by atoms with E-state index in [1.54, 1.807) is 13.8 Å². The maximum absolute atomic E-state index is 13.9. The number of carbonyl (C=O) groups excluding carboxylic acids is 3. The zero-order chi connectivity index (χ0) is 29.9. The summed E-state index contributed by atoms with van der Waals surface area (Å²) in [5, 5.41) is 10.9. The molecular formula is C26H31F5N6O4. The molecule has 0 unspecified atom stereocenters. The van der Waals surface area contributed by atoms with Crippen molar-refractivity contribution >= 4 is 23.7 Å². The fourth-order valence-electron chi connectivity index (χ4n) is 5.27. The molecule has 0 spiro atoms. The Morgan fingerprint density at radius 1 is 1.24 bits per heavy atom. The highest BCUT2D eigenvalue weighted by molar-refractivity contribution is 6.00. The van der Waals surface area contributed by atoms with Gasteiger partial charge < -0.3 is 25.4 Å². The summed E-state index contributed by atoms with van der Waals surface area (Å²) in [5.74, 6) is -4.84. The highest BCUT2D eigenvalue weighted by Gasteiger charge is 2.48. The van der Waals surface area contributed by atoms with E-state index in [9.17, 15) is 36.3 Å². The molecule has 1 aliphatic carbocycles. The minimum atomic E-state index is -4.60. The number of halogens is 5. The summed E-state index contributed by atoms with van der Waals surface area (Å²) in [6.07, 6.45) is -2.15. The van der Waals surface area contributed by atoms with E-state index in [0.29, 0.717) is 17.5 Å². The second kappa shape index (κ2) is 12.0. The van der Waals surface area contributed by atoms with Gasteiger partial charge >= 0.3 is 12.2 Å². The minimum Gasteiger partial charge on any atom is -0.364 e. The van der Waals surface area contributed by atoms with Crippen LogP contribution in [0.2, 0.25) is 0 Å². The van der Waals surface area contributed by atoms with Gasteiger partial charge in [-0.2, -0.15) is 13.2 Å². The van der Waals surface area contributed by atoms with Crippen LogP contribution in [0.25, 0.3) is 0 Å². The van der Waals surface area contributed by atoms with Crippen molar-refractivity contribution in [2.75, 3.05) is 11.9 Å². The monoisotopic (exact) mass is 586 g/mol. The van der Waals surface area contributed by atoms with Crippen LogP contribution in [0.15, 0.2) is 29.1 Å². The zero-order valence-corrected chi connectivity index (χ0v) is 22.4. The van der Waals surface area contributed by atoms with Gasteiger partial charge in [-0.3, -0.25) is 9.59 Å². The van der Waals surface area contributed by atoms with E-state index >= 15 is 0 Å². The molecule has 10 nitrogen and oxygen atoms in total. The van der Waals surface area contributed by atoms with Gasteiger partial charge in [-0.15, -0.1) is 0 Å². The first-order valence-corrected chi connectivity index (χ1v) is 13.4. The van der Waals surface area contributed by atoms with E-state index < -0.39 is 73.4 Å². The Bertz CT molecular complexity index is 1260. The Balaban J connectivity index is 1.53. The van der Waals surface area contributed by atoms with Crippen LogP contribution in [0.1, 0.15) is 73.6 Å². The van der Waals surface area contributed by atoms with Crippen molar-refractivity contribution in [3.05, 3.63) is 41.4 Å². The maximum Gasteiger partial charge on any atom is 0.410 e. The van der Waals surface area contributed by atoms with E-state index in [0.717, 1.165) is 4.90 Å². The van der Waals surface area contributed by atoms with Crippen LogP contribution in [0.5, 0.6) is 0 Å². The van der Waals surface area contributed by atoms with Crippen LogP contribution in [-0.2, 0) is 11.2 Å². The van der Waals surface area contributed by atoms with Gasteiger partial charge in [-0.25, -0.2) is 18.6 Å². The topological polar surface area (TPSA) is 129 Å². The number of hydrogen-bond donors (Lipinski definition) is 3. The first kappa shape index (κ1) is 30.2. The molecule has 1 saturated carbocycles. The molecule has 1 aliphatic heterocycles. The Hall–Kier alpha value is -3.78. The number of amides is 4. The highest BCUT2D eigenvalue weighted by Crippen LogP contribution is 2.38. The van der Waals surface area contributed by atoms with Crippen LogP contribution < -0.4 is 16.0 Å². The van der Waals surface area contributed by atoms with Gasteiger partial charge in [0.15, 0.2) is 5.69 Å². The molecule has 2 aliphatic rings. The van der Waals surface area contributed by atoms with Crippen LogP contribution in [0, 0.1) is 5.92 Å². The maximum atomic E-state index is 13.9. The number of carbonyl (C=O) groups is 3. The summed E-state index contributed by atoms with van der Waals surface area (Å²) < 4.78 is 72.2. The van der Waals surface area contributed by atoms with E-state index in [-0.39, 0.29) is 30.8 Å². The summed E-state index contributed by atoms with van der Waals surface area (Å²) in [7, 11) is 0. The quantitative estimate of drug-likeness (QED) is 0.369. The third kappa shape index (κ3) is 6.93. The first-order valence-electron chi connectivity index (χ1n) is 13.4. The highest BCUT2D eigenvalue weighted by atomic mass is 19.4. The lowest BCUT2D eigenvalue weighted by Crippen LogP contribution is -2.50. The lowest BCUT2D eigenvalue weighted by atomic mass is 9.81. The molecule has 4 amide bonds. The molecule has 3 atom stereocenters. The van der Waals surface area contributed by atoms with E-state index in [1.807, 2.05) is 5.32 Å². The van der Waals surface area contributed by atoms with Crippen molar-refractivity contribution in [3.8, 4) is 0 Å². The molecule has 0 radical (unpaired) electrons. The van der Waals surface area contributed by atoms with Crippen molar-refractivity contribution in [2.24, 2.45) is 5.92 Å². The minimum absolute atomic E-state index is 0.0133. The number of anilines is 1. The number of nitrogens with zero attached hydrogens (tertiary/aromatic N) is 3. The van der Waals surface area contributed by atoms with Gasteiger partial charge in [-0.05, 0) is 49.3 Å². The second-order valence-electron chi connectivity index (χ2n) is 10.3. The van der Waals surface area contributed by atoms with E-state index in [1.165, 1.54) is 24.6 Å². The molecule has 41 heavy (non-hydrogen) atoms. The summed E-state index contributed by atoms with van der Waals surface area (Å²) in [6, 6.07) is -1.85. The SMILES string of the molecule is CCc1conc1C(=O)N[C@@H](C(=O)Nc1cc([C@@H](CC)N2C[C@@H](C(F)(F)F)NC2=O)ccn1)C1CCC(F)(F)CC1. The van der Waals surface area contributed by atoms with Gasteiger partial charge in [0.05, 0.1) is 12.6 Å². The largest absolute Gasteiger partial charge is 0.410 e. The van der Waals surface area contributed by atoms with Gasteiger partial charge in [0.2, 0.25) is 11.8 Å². The predicted molar refractivity (Wildman–Crippen MR) is 135 cm³/mol. The van der Waals surface area contributed by atoms with E-state index in [2.05, 4.69) is 20.8 Å². The van der Waals surface area contributed by atoms with Crippen LogP contribution in [0.3, 0.4) is 0 Å². The second-order valence-corrected chi connectivity index (χ2v) is 10.3. The molecule has 2 aromatic rings.